The lowest BCUT2D eigenvalue weighted by molar-refractivity contribution is -0.124. The number of rotatable bonds is 0. The zero-order chi connectivity index (χ0) is 8.85. The number of carbonyl (C=O) groups excluding carboxylic acids is 1. The molecule has 5 nitrogen and oxygen atoms in total. The Hall–Kier alpha value is -0.360. The van der Waals surface area contributed by atoms with Crippen LogP contribution in [0, 0.1) is 0 Å². The van der Waals surface area contributed by atoms with Crippen LogP contribution in [-0.4, -0.2) is 31.2 Å². The molecule has 0 bridgehead atoms. The number of amides is 1. The van der Waals surface area contributed by atoms with Crippen LogP contribution in [-0.2, 0) is 14.8 Å². The van der Waals surface area contributed by atoms with Gasteiger partial charge in [0.2, 0.25) is 5.91 Å². The zero-order valence-corrected chi connectivity index (χ0v) is 8.18. The third kappa shape index (κ3) is 9.64. The van der Waals surface area contributed by atoms with E-state index in [2.05, 4.69) is 10.3 Å². The second-order valence-electron chi connectivity index (χ2n) is 2.47. The van der Waals surface area contributed by atoms with E-state index in [0.29, 0.717) is 6.42 Å². The van der Waals surface area contributed by atoms with Crippen molar-refractivity contribution < 1.29 is 14.8 Å². The summed E-state index contributed by atoms with van der Waals surface area (Å²) in [7, 11) is 2.89. The van der Waals surface area contributed by atoms with E-state index in [4.69, 9.17) is 0 Å². The second kappa shape index (κ2) is 7.30. The summed E-state index contributed by atoms with van der Waals surface area (Å²) in [4.78, 5) is 14.9. The van der Waals surface area contributed by atoms with Crippen molar-refractivity contribution in [1.29, 1.82) is 0 Å². The normalized spacial score (nSPS) is 20.8. The van der Waals surface area contributed by atoms with Crippen LogP contribution in [0.25, 0.3) is 0 Å². The maximum Gasteiger partial charge on any atom is 0.246 e. The first-order chi connectivity index (χ1) is 5.02. The molecule has 1 aliphatic heterocycles. The number of nitrogens with zero attached hydrogens (tertiary/aromatic N) is 1. The second-order valence-corrected chi connectivity index (χ2v) is 2.47. The van der Waals surface area contributed by atoms with Crippen molar-refractivity contribution in [2.24, 2.45) is 0 Å². The predicted molar refractivity (Wildman–Crippen MR) is 44.9 cm³/mol. The van der Waals surface area contributed by atoms with Crippen LogP contribution >= 0.6 is 12.4 Å². The lowest BCUT2D eigenvalue weighted by Crippen LogP contribution is -2.11. The average molecular weight is 198 g/mol. The molecule has 1 N–H and O–H groups in total. The van der Waals surface area contributed by atoms with Gasteiger partial charge in [-0.2, -0.15) is 5.06 Å². The quantitative estimate of drug-likeness (QED) is 0.562. The molecular weight excluding hydrogens is 184 g/mol. The van der Waals surface area contributed by atoms with Crippen LogP contribution in [0.1, 0.15) is 13.3 Å². The minimum atomic E-state index is -0.0208. The summed E-state index contributed by atoms with van der Waals surface area (Å²) in [5.74, 6) is -0.0208. The van der Waals surface area contributed by atoms with Gasteiger partial charge in [0.25, 0.3) is 0 Å². The molecule has 0 aliphatic carbocycles. The highest BCUT2D eigenvalue weighted by Crippen LogP contribution is 2.00. The van der Waals surface area contributed by atoms with Crippen molar-refractivity contribution in [2.75, 3.05) is 14.1 Å². The third-order valence-corrected chi connectivity index (χ3v) is 0.847. The van der Waals surface area contributed by atoms with Gasteiger partial charge >= 0.3 is 0 Å². The van der Waals surface area contributed by atoms with Gasteiger partial charge in [0.1, 0.15) is 0 Å². The summed E-state index contributed by atoms with van der Waals surface area (Å²) in [6.07, 6.45) is 0.562. The Balaban J connectivity index is 0. The average Bonchev–Trinajstić information content (AvgIpc) is 2.13. The first-order valence-corrected chi connectivity index (χ1v) is 3.31. The van der Waals surface area contributed by atoms with Crippen LogP contribution in [0.5, 0.6) is 0 Å². The fourth-order valence-electron chi connectivity index (χ4n) is 0.511. The largest absolute Gasteiger partial charge is 0.273 e. The lowest BCUT2D eigenvalue weighted by Gasteiger charge is -1.91. The van der Waals surface area contributed by atoms with Crippen LogP contribution in [0.2, 0.25) is 0 Å². The van der Waals surface area contributed by atoms with Gasteiger partial charge in [-0.3, -0.25) is 9.63 Å². The highest BCUT2D eigenvalue weighted by Gasteiger charge is 2.16. The number of hydroxylamine groups is 3. The van der Waals surface area contributed by atoms with Crippen LogP contribution in [0.3, 0.4) is 0 Å². The maximum atomic E-state index is 10.2. The van der Waals surface area contributed by atoms with Gasteiger partial charge < -0.3 is 0 Å². The molecule has 1 heterocycles. The molecule has 1 rings (SSSR count). The summed E-state index contributed by atoms with van der Waals surface area (Å²) in [5, 5.41) is 10.1. The van der Waals surface area contributed by atoms with Gasteiger partial charge in [-0.25, -0.2) is 5.48 Å². The minimum absolute atomic E-state index is 0. The van der Waals surface area contributed by atoms with Crippen molar-refractivity contribution in [3.63, 3.8) is 0 Å². The Bertz CT molecular complexity index is 129. The minimum Gasteiger partial charge on any atom is -0.273 e. The molecule has 73 valence electrons. The molecule has 0 aromatic carbocycles. The molecule has 0 aromatic rings. The molecule has 1 amide bonds. The molecular formula is C6H14ClN2O3. The molecule has 1 aliphatic rings. The smallest absolute Gasteiger partial charge is 0.246 e. The van der Waals surface area contributed by atoms with E-state index in [1.54, 1.807) is 0 Å². The molecule has 1 unspecified atom stereocenters. The number of halogens is 1. The monoisotopic (exact) mass is 197 g/mol. The van der Waals surface area contributed by atoms with Crippen LogP contribution in [0.4, 0.5) is 0 Å². The number of carbonyl (C=O) groups is 1. The first-order valence-electron chi connectivity index (χ1n) is 3.31. The lowest BCUT2D eigenvalue weighted by atomic mass is 10.3. The van der Waals surface area contributed by atoms with E-state index >= 15 is 0 Å². The van der Waals surface area contributed by atoms with Crippen molar-refractivity contribution in [3.8, 4) is 0 Å². The van der Waals surface area contributed by atoms with E-state index in [0.717, 1.165) is 5.06 Å². The highest BCUT2D eigenvalue weighted by atomic mass is 35.5. The van der Waals surface area contributed by atoms with Gasteiger partial charge in [0, 0.05) is 14.1 Å². The molecule has 6 heteroatoms. The molecule has 1 fully saturated rings. The molecule has 0 spiro atoms. The Kier molecular flexibility index (Phi) is 8.62. The molecule has 1 atom stereocenters. The van der Waals surface area contributed by atoms with E-state index < -0.39 is 0 Å². The molecule has 1 saturated heterocycles. The number of nitrogens with one attached hydrogen (secondary N) is 1. The Morgan fingerprint density at radius 3 is 2.08 bits per heavy atom. The van der Waals surface area contributed by atoms with Crippen molar-refractivity contribution in [1.82, 2.24) is 10.5 Å². The Labute approximate surface area is 78.0 Å². The van der Waals surface area contributed by atoms with Gasteiger partial charge in [0.05, 0.1) is 12.5 Å². The summed E-state index contributed by atoms with van der Waals surface area (Å²) in [5.41, 5.74) is 2.23. The molecule has 1 radical (unpaired) electrons. The summed E-state index contributed by atoms with van der Waals surface area (Å²) >= 11 is 0. The van der Waals surface area contributed by atoms with Crippen LogP contribution < -0.4 is 5.48 Å². The summed E-state index contributed by atoms with van der Waals surface area (Å²) in [6.45, 7) is 1.85. The maximum absolute atomic E-state index is 10.2. The standard InChI is InChI=1S/C4H7NO2.C2H6NO.ClH/c1-3-2-4(6)5-7-3;1-3(2)4;/h3H,2H2,1H3,(H,5,6);1-2H3;1H. The molecule has 0 saturated carbocycles. The summed E-state index contributed by atoms with van der Waals surface area (Å²) < 4.78 is 0. The van der Waals surface area contributed by atoms with Crippen molar-refractivity contribution in [3.05, 3.63) is 0 Å². The fraction of sp³-hybridized carbons (Fsp3) is 0.833. The van der Waals surface area contributed by atoms with E-state index in [1.807, 2.05) is 6.92 Å². The van der Waals surface area contributed by atoms with Crippen molar-refractivity contribution in [2.45, 2.75) is 19.4 Å². The SMILES string of the molecule is CC1CC(=O)NO1.CN(C)[O].Cl. The fourth-order valence-corrected chi connectivity index (χ4v) is 0.511. The Morgan fingerprint density at radius 2 is 2.00 bits per heavy atom. The first kappa shape index (κ1) is 14.2. The van der Waals surface area contributed by atoms with Crippen LogP contribution in [0.15, 0.2) is 0 Å². The zero-order valence-electron chi connectivity index (χ0n) is 7.36. The van der Waals surface area contributed by atoms with Crippen molar-refractivity contribution >= 4 is 18.3 Å². The number of hydrogen-bond donors (Lipinski definition) is 1. The number of hydrogen-bond acceptors (Lipinski definition) is 3. The summed E-state index contributed by atoms with van der Waals surface area (Å²) in [6, 6.07) is 0. The van der Waals surface area contributed by atoms with Gasteiger partial charge in [0.15, 0.2) is 0 Å². The molecule has 12 heavy (non-hydrogen) atoms. The van der Waals surface area contributed by atoms with Gasteiger partial charge in [-0.05, 0) is 6.92 Å². The van der Waals surface area contributed by atoms with E-state index in [-0.39, 0.29) is 24.4 Å². The van der Waals surface area contributed by atoms with E-state index in [9.17, 15) is 10.0 Å². The third-order valence-electron chi connectivity index (χ3n) is 0.847. The van der Waals surface area contributed by atoms with Gasteiger partial charge in [-0.15, -0.1) is 17.6 Å². The predicted octanol–water partition coefficient (Wildman–Crippen LogP) is 0.142. The topological polar surface area (TPSA) is 61.5 Å². The highest BCUT2D eigenvalue weighted by molar-refractivity contribution is 5.85. The van der Waals surface area contributed by atoms with Gasteiger partial charge in [-0.1, -0.05) is 0 Å². The van der Waals surface area contributed by atoms with E-state index in [1.165, 1.54) is 14.1 Å². The Morgan fingerprint density at radius 1 is 1.58 bits per heavy atom. The molecule has 0 aromatic heterocycles.